The average Bonchev–Trinajstić information content (AvgIpc) is 2.46. The number of hydrogen-bond donors (Lipinski definition) is 2. The molecule has 2 N–H and O–H groups in total. The topological polar surface area (TPSA) is 110 Å². The van der Waals surface area contributed by atoms with Gasteiger partial charge in [-0.2, -0.15) is 14.4 Å². The number of carbonyl (C=O) groups excluding carboxylic acids is 1. The van der Waals surface area contributed by atoms with Gasteiger partial charge in [-0.05, 0) is 12.1 Å². The molecule has 0 saturated heterocycles. The van der Waals surface area contributed by atoms with Gasteiger partial charge in [-0.15, -0.1) is 0 Å². The van der Waals surface area contributed by atoms with Gasteiger partial charge < -0.3 is 4.74 Å². The Morgan fingerprint density at radius 2 is 2.00 bits per heavy atom. The number of hydrogen-bond acceptors (Lipinski definition) is 6. The van der Waals surface area contributed by atoms with E-state index in [1.165, 1.54) is 31.4 Å². The maximum Gasteiger partial charge on any atom is 0.335 e. The largest absolute Gasteiger partial charge is 0.481 e. The second kappa shape index (κ2) is 6.75. The SMILES string of the molecule is COc1cc(F)nc(NC(=O)NS(=O)(=O)c2ccccc2Cl)n1. The zero-order valence-electron chi connectivity index (χ0n) is 11.6. The Labute approximate surface area is 135 Å². The van der Waals surface area contributed by atoms with Crippen LogP contribution in [0.2, 0.25) is 5.02 Å². The van der Waals surface area contributed by atoms with Crippen LogP contribution in [0.15, 0.2) is 35.2 Å². The van der Waals surface area contributed by atoms with E-state index in [9.17, 15) is 17.6 Å². The van der Waals surface area contributed by atoms with Crippen molar-refractivity contribution in [2.45, 2.75) is 4.90 Å². The lowest BCUT2D eigenvalue weighted by atomic mass is 10.4. The lowest BCUT2D eigenvalue weighted by Gasteiger charge is -2.09. The van der Waals surface area contributed by atoms with Crippen LogP contribution in [0, 0.1) is 5.95 Å². The van der Waals surface area contributed by atoms with Gasteiger partial charge >= 0.3 is 6.03 Å². The molecule has 0 atom stereocenters. The standard InChI is InChI=1S/C12H10ClFN4O4S/c1-22-10-6-9(14)15-11(16-10)17-12(19)18-23(20,21)8-5-3-2-4-7(8)13/h2-6H,1H3,(H2,15,16,17,18,19). The number of anilines is 1. The van der Waals surface area contributed by atoms with E-state index in [2.05, 4.69) is 9.97 Å². The van der Waals surface area contributed by atoms with Crippen LogP contribution >= 0.6 is 11.6 Å². The highest BCUT2D eigenvalue weighted by atomic mass is 35.5. The quantitative estimate of drug-likeness (QED) is 0.804. The van der Waals surface area contributed by atoms with E-state index in [1.807, 2.05) is 5.32 Å². The molecule has 0 aliphatic rings. The number of aromatic nitrogens is 2. The number of ether oxygens (including phenoxy) is 1. The Hall–Kier alpha value is -2.46. The van der Waals surface area contributed by atoms with E-state index < -0.39 is 28.0 Å². The van der Waals surface area contributed by atoms with Gasteiger partial charge in [-0.3, -0.25) is 5.32 Å². The molecule has 0 fully saturated rings. The lowest BCUT2D eigenvalue weighted by molar-refractivity contribution is 0.256. The first-order valence-electron chi connectivity index (χ1n) is 5.99. The number of urea groups is 1. The molecule has 0 bridgehead atoms. The van der Waals surface area contributed by atoms with Crippen LogP contribution in [0.3, 0.4) is 0 Å². The van der Waals surface area contributed by atoms with E-state index in [-0.39, 0.29) is 15.8 Å². The molecular weight excluding hydrogens is 351 g/mol. The summed E-state index contributed by atoms with van der Waals surface area (Å²) in [5.74, 6) is -1.56. The average molecular weight is 361 g/mol. The summed E-state index contributed by atoms with van der Waals surface area (Å²) in [6.45, 7) is 0. The van der Waals surface area contributed by atoms with Crippen LogP contribution in [-0.4, -0.2) is 31.5 Å². The molecule has 1 heterocycles. The van der Waals surface area contributed by atoms with Gasteiger partial charge in [0.25, 0.3) is 10.0 Å². The van der Waals surface area contributed by atoms with Gasteiger partial charge in [-0.25, -0.2) is 17.9 Å². The Kier molecular flexibility index (Phi) is 4.96. The minimum Gasteiger partial charge on any atom is -0.481 e. The van der Waals surface area contributed by atoms with Gasteiger partial charge in [0.1, 0.15) is 4.90 Å². The fourth-order valence-corrected chi connectivity index (χ4v) is 2.95. The summed E-state index contributed by atoms with van der Waals surface area (Å²) in [6.07, 6.45) is 0. The number of methoxy groups -OCH3 is 1. The second-order valence-corrected chi connectivity index (χ2v) is 6.10. The van der Waals surface area contributed by atoms with E-state index in [0.29, 0.717) is 0 Å². The molecular formula is C12H10ClFN4O4S. The first-order valence-corrected chi connectivity index (χ1v) is 7.85. The van der Waals surface area contributed by atoms with Crippen LogP contribution in [0.1, 0.15) is 0 Å². The third kappa shape index (κ3) is 4.27. The second-order valence-electron chi connectivity index (χ2n) is 4.05. The Morgan fingerprint density at radius 1 is 1.30 bits per heavy atom. The molecule has 0 aliphatic heterocycles. The number of benzene rings is 1. The minimum atomic E-state index is -4.21. The van der Waals surface area contributed by atoms with Crippen molar-refractivity contribution in [1.29, 1.82) is 0 Å². The fraction of sp³-hybridized carbons (Fsp3) is 0.0833. The van der Waals surface area contributed by atoms with Gasteiger partial charge in [0, 0.05) is 0 Å². The van der Waals surface area contributed by atoms with Crippen molar-refractivity contribution in [2.24, 2.45) is 0 Å². The molecule has 23 heavy (non-hydrogen) atoms. The van der Waals surface area contributed by atoms with Crippen molar-refractivity contribution in [1.82, 2.24) is 14.7 Å². The van der Waals surface area contributed by atoms with Crippen LogP contribution in [0.25, 0.3) is 0 Å². The number of sulfonamides is 1. The van der Waals surface area contributed by atoms with E-state index >= 15 is 0 Å². The summed E-state index contributed by atoms with van der Waals surface area (Å²) in [6, 6.07) is 5.27. The van der Waals surface area contributed by atoms with Crippen LogP contribution in [0.4, 0.5) is 15.1 Å². The fourth-order valence-electron chi connectivity index (χ4n) is 1.52. The molecule has 8 nitrogen and oxygen atoms in total. The van der Waals surface area contributed by atoms with Crippen molar-refractivity contribution < 1.29 is 22.3 Å². The van der Waals surface area contributed by atoms with E-state index in [1.54, 1.807) is 4.72 Å². The molecule has 0 unspecified atom stereocenters. The number of halogens is 2. The molecule has 0 spiro atoms. The number of nitrogens with one attached hydrogen (secondary N) is 2. The zero-order chi connectivity index (χ0) is 17.0. The maximum atomic E-state index is 13.2. The van der Waals surface area contributed by atoms with Crippen molar-refractivity contribution in [2.75, 3.05) is 12.4 Å². The normalized spacial score (nSPS) is 10.9. The minimum absolute atomic E-state index is 0.0588. The van der Waals surface area contributed by atoms with Crippen molar-refractivity contribution in [3.63, 3.8) is 0 Å². The molecule has 1 aromatic carbocycles. The molecule has 1 aromatic heterocycles. The highest BCUT2D eigenvalue weighted by molar-refractivity contribution is 7.90. The van der Waals surface area contributed by atoms with Crippen LogP contribution < -0.4 is 14.8 Å². The van der Waals surface area contributed by atoms with Crippen LogP contribution in [-0.2, 0) is 10.0 Å². The molecule has 0 saturated carbocycles. The van der Waals surface area contributed by atoms with Crippen molar-refractivity contribution >= 4 is 33.6 Å². The summed E-state index contributed by atoms with van der Waals surface area (Å²) in [4.78, 5) is 18.4. The summed E-state index contributed by atoms with van der Waals surface area (Å²) in [5.41, 5.74) is 0. The van der Waals surface area contributed by atoms with Gasteiger partial charge in [0.15, 0.2) is 0 Å². The highest BCUT2D eigenvalue weighted by Gasteiger charge is 2.21. The summed E-state index contributed by atoms with van der Waals surface area (Å²) >= 11 is 5.77. The number of nitrogens with zero attached hydrogens (tertiary/aromatic N) is 2. The Morgan fingerprint density at radius 3 is 2.65 bits per heavy atom. The van der Waals surface area contributed by atoms with Crippen molar-refractivity contribution in [3.05, 3.63) is 41.3 Å². The molecule has 0 radical (unpaired) electrons. The molecule has 2 rings (SSSR count). The number of carbonyl (C=O) groups is 1. The molecule has 122 valence electrons. The maximum absolute atomic E-state index is 13.2. The predicted molar refractivity (Wildman–Crippen MR) is 79.3 cm³/mol. The third-order valence-corrected chi connectivity index (χ3v) is 4.29. The smallest absolute Gasteiger partial charge is 0.335 e. The summed E-state index contributed by atoms with van der Waals surface area (Å²) in [7, 11) is -2.97. The van der Waals surface area contributed by atoms with Crippen molar-refractivity contribution in [3.8, 4) is 5.88 Å². The molecule has 2 amide bonds. The number of amides is 2. The zero-order valence-corrected chi connectivity index (χ0v) is 13.2. The number of rotatable bonds is 4. The molecule has 0 aliphatic carbocycles. The van der Waals surface area contributed by atoms with Crippen LogP contribution in [0.5, 0.6) is 5.88 Å². The summed E-state index contributed by atoms with van der Waals surface area (Å²) in [5, 5.41) is 1.93. The molecule has 2 aromatic rings. The summed E-state index contributed by atoms with van der Waals surface area (Å²) < 4.78 is 43.7. The Balaban J connectivity index is 2.16. The predicted octanol–water partition coefficient (Wildman–Crippen LogP) is 1.79. The van der Waals surface area contributed by atoms with Gasteiger partial charge in [-0.1, -0.05) is 23.7 Å². The lowest BCUT2D eigenvalue weighted by Crippen LogP contribution is -2.35. The first-order chi connectivity index (χ1) is 10.8. The first kappa shape index (κ1) is 16.9. The molecule has 11 heteroatoms. The monoisotopic (exact) mass is 360 g/mol. The Bertz CT molecular complexity index is 847. The van der Waals surface area contributed by atoms with Gasteiger partial charge in [0.2, 0.25) is 17.8 Å². The van der Waals surface area contributed by atoms with E-state index in [4.69, 9.17) is 16.3 Å². The third-order valence-electron chi connectivity index (χ3n) is 2.46. The van der Waals surface area contributed by atoms with E-state index in [0.717, 1.165) is 6.07 Å². The van der Waals surface area contributed by atoms with Gasteiger partial charge in [0.05, 0.1) is 18.2 Å². The highest BCUT2D eigenvalue weighted by Crippen LogP contribution is 2.20.